The summed E-state index contributed by atoms with van der Waals surface area (Å²) in [6.07, 6.45) is 1.61. The number of benzene rings is 1. The molecule has 1 aromatic rings. The Morgan fingerprint density at radius 3 is 3.05 bits per heavy atom. The lowest BCUT2D eigenvalue weighted by Gasteiger charge is -2.39. The molecule has 21 heavy (non-hydrogen) atoms. The number of hydrogen-bond acceptors (Lipinski definition) is 4. The second kappa shape index (κ2) is 5.74. The van der Waals surface area contributed by atoms with E-state index in [4.69, 9.17) is 0 Å². The van der Waals surface area contributed by atoms with Gasteiger partial charge in [-0.2, -0.15) is 5.26 Å². The molecule has 1 unspecified atom stereocenters. The van der Waals surface area contributed by atoms with Gasteiger partial charge in [-0.1, -0.05) is 6.07 Å². The summed E-state index contributed by atoms with van der Waals surface area (Å²) in [6.45, 7) is 3.18. The van der Waals surface area contributed by atoms with E-state index in [0.29, 0.717) is 12.5 Å². The van der Waals surface area contributed by atoms with Crippen molar-refractivity contribution in [1.29, 1.82) is 5.26 Å². The number of nitriles is 1. The van der Waals surface area contributed by atoms with E-state index in [0.717, 1.165) is 49.4 Å². The van der Waals surface area contributed by atoms with Gasteiger partial charge in [0.05, 0.1) is 11.3 Å². The van der Waals surface area contributed by atoms with Gasteiger partial charge >= 0.3 is 0 Å². The van der Waals surface area contributed by atoms with Crippen molar-refractivity contribution in [3.05, 3.63) is 29.3 Å². The molecule has 5 heteroatoms. The number of nitrogens with zero attached hydrogens (tertiary/aromatic N) is 3. The zero-order valence-corrected chi connectivity index (χ0v) is 12.3. The molecule has 1 amide bonds. The maximum atomic E-state index is 11.7. The van der Waals surface area contributed by atoms with Crippen LogP contribution in [0.1, 0.15) is 24.0 Å². The Kier molecular flexibility index (Phi) is 3.80. The SMILES string of the molecule is CNCc1ccc(N2CCN3C(=O)CCC3C2)c(C#N)c1. The molecule has 0 radical (unpaired) electrons. The number of amides is 1. The molecule has 110 valence electrons. The molecular weight excluding hydrogens is 264 g/mol. The van der Waals surface area contributed by atoms with Crippen molar-refractivity contribution < 1.29 is 4.79 Å². The normalized spacial score (nSPS) is 21.3. The van der Waals surface area contributed by atoms with E-state index < -0.39 is 0 Å². The molecule has 0 saturated carbocycles. The van der Waals surface area contributed by atoms with E-state index in [-0.39, 0.29) is 5.91 Å². The van der Waals surface area contributed by atoms with E-state index in [1.165, 1.54) is 0 Å². The Morgan fingerprint density at radius 2 is 2.29 bits per heavy atom. The lowest BCUT2D eigenvalue weighted by molar-refractivity contribution is -0.129. The first kappa shape index (κ1) is 13.9. The predicted octanol–water partition coefficient (Wildman–Crippen LogP) is 1.09. The summed E-state index contributed by atoms with van der Waals surface area (Å²) in [5.41, 5.74) is 2.84. The minimum atomic E-state index is 0.282. The van der Waals surface area contributed by atoms with E-state index in [9.17, 15) is 10.1 Å². The average Bonchev–Trinajstić information content (AvgIpc) is 2.88. The van der Waals surface area contributed by atoms with Crippen LogP contribution < -0.4 is 10.2 Å². The van der Waals surface area contributed by atoms with E-state index in [2.05, 4.69) is 22.4 Å². The molecule has 2 aliphatic rings. The third-order valence-electron chi connectivity index (χ3n) is 4.40. The van der Waals surface area contributed by atoms with Crippen molar-refractivity contribution in [2.75, 3.05) is 31.6 Å². The summed E-state index contributed by atoms with van der Waals surface area (Å²) in [6, 6.07) is 8.69. The van der Waals surface area contributed by atoms with Crippen LogP contribution in [0.5, 0.6) is 0 Å². The van der Waals surface area contributed by atoms with Crippen LogP contribution in [0, 0.1) is 11.3 Å². The van der Waals surface area contributed by atoms with Gasteiger partial charge in [-0.15, -0.1) is 0 Å². The summed E-state index contributed by atoms with van der Waals surface area (Å²) in [4.78, 5) is 16.0. The number of piperazine rings is 1. The number of rotatable bonds is 3. The Morgan fingerprint density at radius 1 is 1.43 bits per heavy atom. The molecule has 2 saturated heterocycles. The van der Waals surface area contributed by atoms with Gasteiger partial charge < -0.3 is 15.1 Å². The van der Waals surface area contributed by atoms with Crippen molar-refractivity contribution in [2.45, 2.75) is 25.4 Å². The van der Waals surface area contributed by atoms with Crippen LogP contribution in [-0.4, -0.2) is 43.5 Å². The maximum absolute atomic E-state index is 11.7. The fourth-order valence-electron chi connectivity index (χ4n) is 3.35. The molecule has 3 rings (SSSR count). The highest BCUT2D eigenvalue weighted by molar-refractivity contribution is 5.79. The number of nitrogens with one attached hydrogen (secondary N) is 1. The van der Waals surface area contributed by atoms with Crippen molar-refractivity contribution in [3.63, 3.8) is 0 Å². The quantitative estimate of drug-likeness (QED) is 0.902. The fraction of sp³-hybridized carbons (Fsp3) is 0.500. The average molecular weight is 284 g/mol. The first-order valence-electron chi connectivity index (χ1n) is 7.45. The summed E-state index contributed by atoms with van der Waals surface area (Å²) in [7, 11) is 1.90. The lowest BCUT2D eigenvalue weighted by Crippen LogP contribution is -2.51. The zero-order chi connectivity index (χ0) is 14.8. The van der Waals surface area contributed by atoms with E-state index in [1.54, 1.807) is 0 Å². The highest BCUT2D eigenvalue weighted by Gasteiger charge is 2.35. The molecule has 0 aliphatic carbocycles. The first-order chi connectivity index (χ1) is 10.2. The minimum Gasteiger partial charge on any atom is -0.367 e. The predicted molar refractivity (Wildman–Crippen MR) is 80.9 cm³/mol. The molecular formula is C16H20N4O. The molecule has 0 bridgehead atoms. The van der Waals surface area contributed by atoms with Crippen LogP contribution in [0.4, 0.5) is 5.69 Å². The molecule has 2 fully saturated rings. The molecule has 2 heterocycles. The highest BCUT2D eigenvalue weighted by Crippen LogP contribution is 2.28. The maximum Gasteiger partial charge on any atom is 0.223 e. The molecule has 1 atom stereocenters. The fourth-order valence-corrected chi connectivity index (χ4v) is 3.35. The van der Waals surface area contributed by atoms with E-state index >= 15 is 0 Å². The van der Waals surface area contributed by atoms with Crippen molar-refractivity contribution >= 4 is 11.6 Å². The van der Waals surface area contributed by atoms with Gasteiger partial charge in [0.25, 0.3) is 0 Å². The van der Waals surface area contributed by atoms with Crippen LogP contribution >= 0.6 is 0 Å². The molecule has 0 spiro atoms. The number of fused-ring (bicyclic) bond motifs is 1. The summed E-state index contributed by atoms with van der Waals surface area (Å²) in [5, 5.41) is 12.5. The van der Waals surface area contributed by atoms with Crippen molar-refractivity contribution in [2.24, 2.45) is 0 Å². The second-order valence-corrected chi connectivity index (χ2v) is 5.72. The van der Waals surface area contributed by atoms with Gasteiger partial charge in [-0.25, -0.2) is 0 Å². The van der Waals surface area contributed by atoms with Gasteiger partial charge in [0.2, 0.25) is 5.91 Å². The molecule has 0 aromatic heterocycles. The second-order valence-electron chi connectivity index (χ2n) is 5.72. The van der Waals surface area contributed by atoms with Crippen LogP contribution in [0.15, 0.2) is 18.2 Å². The number of hydrogen-bond donors (Lipinski definition) is 1. The Balaban J connectivity index is 1.81. The largest absolute Gasteiger partial charge is 0.367 e. The van der Waals surface area contributed by atoms with Gasteiger partial charge in [0.15, 0.2) is 0 Å². The Hall–Kier alpha value is -2.06. The summed E-state index contributed by atoms with van der Waals surface area (Å²) < 4.78 is 0. The van der Waals surface area contributed by atoms with Crippen LogP contribution in [-0.2, 0) is 11.3 Å². The molecule has 5 nitrogen and oxygen atoms in total. The summed E-state index contributed by atoms with van der Waals surface area (Å²) in [5.74, 6) is 0.282. The number of carbonyl (C=O) groups excluding carboxylic acids is 1. The monoisotopic (exact) mass is 284 g/mol. The van der Waals surface area contributed by atoms with Crippen LogP contribution in [0.25, 0.3) is 0 Å². The van der Waals surface area contributed by atoms with Gasteiger partial charge in [0, 0.05) is 38.6 Å². The first-order valence-corrected chi connectivity index (χ1v) is 7.45. The molecule has 2 aliphatic heterocycles. The van der Waals surface area contributed by atoms with Gasteiger partial charge in [0.1, 0.15) is 6.07 Å². The number of anilines is 1. The van der Waals surface area contributed by atoms with Crippen molar-refractivity contribution in [1.82, 2.24) is 10.2 Å². The zero-order valence-electron chi connectivity index (χ0n) is 12.3. The highest BCUT2D eigenvalue weighted by atomic mass is 16.2. The standard InChI is InChI=1S/C16H20N4O/c1-18-10-12-2-4-15(13(8-12)9-17)19-6-7-20-14(11-19)3-5-16(20)21/h2,4,8,14,18H,3,5-7,10-11H2,1H3. The Labute approximate surface area is 125 Å². The lowest BCUT2D eigenvalue weighted by atomic mass is 10.1. The minimum absolute atomic E-state index is 0.282. The Bertz CT molecular complexity index is 592. The van der Waals surface area contributed by atoms with E-state index in [1.807, 2.05) is 24.1 Å². The van der Waals surface area contributed by atoms with Gasteiger partial charge in [-0.3, -0.25) is 4.79 Å². The van der Waals surface area contributed by atoms with Crippen LogP contribution in [0.3, 0.4) is 0 Å². The van der Waals surface area contributed by atoms with Crippen LogP contribution in [0.2, 0.25) is 0 Å². The third kappa shape index (κ3) is 2.59. The summed E-state index contributed by atoms with van der Waals surface area (Å²) >= 11 is 0. The molecule has 1 aromatic carbocycles. The smallest absolute Gasteiger partial charge is 0.223 e. The van der Waals surface area contributed by atoms with Crippen molar-refractivity contribution in [3.8, 4) is 6.07 Å². The third-order valence-corrected chi connectivity index (χ3v) is 4.40. The van der Waals surface area contributed by atoms with Gasteiger partial charge in [-0.05, 0) is 31.2 Å². The molecule has 1 N–H and O–H groups in total. The topological polar surface area (TPSA) is 59.4 Å². The number of carbonyl (C=O) groups is 1.